The third kappa shape index (κ3) is 5.87. The van der Waals surface area contributed by atoms with Crippen molar-refractivity contribution < 1.29 is 21.6 Å². The second kappa shape index (κ2) is 11.0. The Labute approximate surface area is 219 Å². The van der Waals surface area contributed by atoms with Gasteiger partial charge in [0.1, 0.15) is 6.54 Å². The van der Waals surface area contributed by atoms with Gasteiger partial charge in [-0.15, -0.1) is 0 Å². The molecule has 3 aromatic rings. The maximum atomic E-state index is 13.6. The van der Waals surface area contributed by atoms with Crippen LogP contribution >= 0.6 is 0 Å². The van der Waals surface area contributed by atoms with Gasteiger partial charge in [-0.3, -0.25) is 9.10 Å². The zero-order valence-corrected chi connectivity index (χ0v) is 22.6. The predicted molar refractivity (Wildman–Crippen MR) is 145 cm³/mol. The maximum absolute atomic E-state index is 13.6. The Hall–Kier alpha value is -3.21. The number of anilines is 2. The minimum Gasteiger partial charge on any atom is -0.325 e. The minimum absolute atomic E-state index is 0.0796. The molecular formula is C27H31N3O5S2. The number of carbonyl (C=O) groups is 1. The summed E-state index contributed by atoms with van der Waals surface area (Å²) in [5.74, 6) is -0.549. The van der Waals surface area contributed by atoms with Crippen molar-refractivity contribution in [1.82, 2.24) is 4.31 Å². The summed E-state index contributed by atoms with van der Waals surface area (Å²) in [5.41, 5.74) is 2.45. The molecule has 1 N–H and O–H groups in total. The monoisotopic (exact) mass is 541 g/mol. The van der Waals surface area contributed by atoms with E-state index in [1.54, 1.807) is 30.3 Å². The summed E-state index contributed by atoms with van der Waals surface area (Å²) >= 11 is 0. The molecule has 0 radical (unpaired) electrons. The summed E-state index contributed by atoms with van der Waals surface area (Å²) < 4.78 is 55.5. The van der Waals surface area contributed by atoms with Crippen molar-refractivity contribution in [3.05, 3.63) is 83.9 Å². The number of hydrogen-bond donors (Lipinski definition) is 1. The molecule has 1 heterocycles. The first-order valence-electron chi connectivity index (χ1n) is 12.1. The lowest BCUT2D eigenvalue weighted by Gasteiger charge is -2.26. The van der Waals surface area contributed by atoms with E-state index in [4.69, 9.17) is 0 Å². The first-order valence-corrected chi connectivity index (χ1v) is 15.0. The average Bonchev–Trinajstić information content (AvgIpc) is 2.90. The number of rotatable bonds is 8. The Kier molecular flexibility index (Phi) is 8.01. The van der Waals surface area contributed by atoms with Crippen molar-refractivity contribution in [1.29, 1.82) is 0 Å². The number of sulfonamides is 2. The van der Waals surface area contributed by atoms with E-state index in [-0.39, 0.29) is 9.79 Å². The average molecular weight is 542 g/mol. The van der Waals surface area contributed by atoms with E-state index >= 15 is 0 Å². The van der Waals surface area contributed by atoms with Crippen LogP contribution in [0, 0.1) is 13.8 Å². The Morgan fingerprint density at radius 3 is 2.11 bits per heavy atom. The molecule has 196 valence electrons. The van der Waals surface area contributed by atoms with Crippen molar-refractivity contribution in [3.8, 4) is 0 Å². The summed E-state index contributed by atoms with van der Waals surface area (Å²) in [4.78, 5) is 13.3. The molecule has 1 amide bonds. The fourth-order valence-electron chi connectivity index (χ4n) is 4.32. The number of hydrogen-bond acceptors (Lipinski definition) is 5. The molecule has 0 spiro atoms. The minimum atomic E-state index is -4.03. The molecular weight excluding hydrogens is 510 g/mol. The van der Waals surface area contributed by atoms with Crippen LogP contribution in [-0.2, 0) is 24.8 Å². The van der Waals surface area contributed by atoms with E-state index in [1.807, 2.05) is 19.9 Å². The molecule has 1 fully saturated rings. The number of nitrogens with one attached hydrogen (secondary N) is 1. The van der Waals surface area contributed by atoms with Crippen LogP contribution in [0.25, 0.3) is 0 Å². The van der Waals surface area contributed by atoms with Gasteiger partial charge in [-0.05, 0) is 80.3 Å². The molecule has 0 bridgehead atoms. The highest BCUT2D eigenvalue weighted by Gasteiger charge is 2.29. The first-order chi connectivity index (χ1) is 17.6. The van der Waals surface area contributed by atoms with Gasteiger partial charge in [-0.2, -0.15) is 4.31 Å². The molecule has 3 aromatic carbocycles. The van der Waals surface area contributed by atoms with Crippen LogP contribution in [0.3, 0.4) is 0 Å². The van der Waals surface area contributed by atoms with Crippen LogP contribution < -0.4 is 9.62 Å². The quantitative estimate of drug-likeness (QED) is 0.458. The van der Waals surface area contributed by atoms with Crippen molar-refractivity contribution in [2.75, 3.05) is 29.3 Å². The van der Waals surface area contributed by atoms with Gasteiger partial charge < -0.3 is 5.32 Å². The molecule has 37 heavy (non-hydrogen) atoms. The highest BCUT2D eigenvalue weighted by atomic mass is 32.2. The lowest BCUT2D eigenvalue weighted by atomic mass is 10.1. The fourth-order valence-corrected chi connectivity index (χ4v) is 7.34. The molecule has 1 aliphatic heterocycles. The topological polar surface area (TPSA) is 104 Å². The normalized spacial score (nSPS) is 14.8. The largest absolute Gasteiger partial charge is 0.325 e. The van der Waals surface area contributed by atoms with Gasteiger partial charge in [0.15, 0.2) is 0 Å². The van der Waals surface area contributed by atoms with Crippen molar-refractivity contribution in [2.45, 2.75) is 42.9 Å². The summed E-state index contributed by atoms with van der Waals surface area (Å²) in [6, 6.07) is 19.2. The maximum Gasteiger partial charge on any atom is 0.264 e. The number of aryl methyl sites for hydroxylation is 1. The lowest BCUT2D eigenvalue weighted by Crippen LogP contribution is -2.38. The molecule has 0 atom stereocenters. The van der Waals surface area contributed by atoms with E-state index in [2.05, 4.69) is 5.32 Å². The van der Waals surface area contributed by atoms with E-state index in [1.165, 1.54) is 40.7 Å². The summed E-state index contributed by atoms with van der Waals surface area (Å²) in [6.45, 7) is 4.26. The molecule has 4 rings (SSSR count). The lowest BCUT2D eigenvalue weighted by molar-refractivity contribution is -0.114. The standard InChI is InChI=1S/C27H31N3O5S2/c1-21-10-9-13-26(22(21)2)30(37(34,35)24-11-5-3-6-12-24)20-27(31)28-23-14-16-25(17-15-23)36(32,33)29-18-7-4-8-19-29/h3,5-6,9-17H,4,7-8,18-20H2,1-2H3,(H,28,31). The molecule has 0 aromatic heterocycles. The van der Waals surface area contributed by atoms with Gasteiger partial charge in [-0.1, -0.05) is 36.8 Å². The zero-order valence-electron chi connectivity index (χ0n) is 20.9. The van der Waals surface area contributed by atoms with Crippen LogP contribution in [-0.4, -0.2) is 46.7 Å². The van der Waals surface area contributed by atoms with E-state index in [0.29, 0.717) is 24.5 Å². The van der Waals surface area contributed by atoms with Crippen LogP contribution in [0.1, 0.15) is 30.4 Å². The van der Waals surface area contributed by atoms with Crippen LogP contribution in [0.15, 0.2) is 82.6 Å². The summed E-state index contributed by atoms with van der Waals surface area (Å²) in [6.07, 6.45) is 2.71. The van der Waals surface area contributed by atoms with Crippen molar-refractivity contribution >= 4 is 37.3 Å². The number of carbonyl (C=O) groups excluding carboxylic acids is 1. The predicted octanol–water partition coefficient (Wildman–Crippen LogP) is 4.31. The molecule has 1 saturated heterocycles. The first kappa shape index (κ1) is 26.8. The molecule has 8 nitrogen and oxygen atoms in total. The van der Waals surface area contributed by atoms with E-state index in [9.17, 15) is 21.6 Å². The Morgan fingerprint density at radius 2 is 1.46 bits per heavy atom. The summed E-state index contributed by atoms with van der Waals surface area (Å²) in [5, 5.41) is 2.70. The number of benzene rings is 3. The van der Waals surface area contributed by atoms with E-state index in [0.717, 1.165) is 34.7 Å². The Bertz CT molecular complexity index is 1470. The SMILES string of the molecule is Cc1cccc(N(CC(=O)Nc2ccc(S(=O)(=O)N3CCCCC3)cc2)S(=O)(=O)c2ccccc2)c1C. The second-order valence-corrected chi connectivity index (χ2v) is 12.9. The molecule has 0 aliphatic carbocycles. The van der Waals surface area contributed by atoms with Gasteiger partial charge in [0.25, 0.3) is 10.0 Å². The number of piperidine rings is 1. The van der Waals surface area contributed by atoms with Crippen molar-refractivity contribution in [3.63, 3.8) is 0 Å². The van der Waals surface area contributed by atoms with Gasteiger partial charge in [0, 0.05) is 18.8 Å². The van der Waals surface area contributed by atoms with E-state index < -0.39 is 32.5 Å². The van der Waals surface area contributed by atoms with Gasteiger partial charge in [-0.25, -0.2) is 16.8 Å². The number of nitrogens with zero attached hydrogens (tertiary/aromatic N) is 2. The third-order valence-electron chi connectivity index (χ3n) is 6.55. The highest BCUT2D eigenvalue weighted by Crippen LogP contribution is 2.29. The molecule has 0 unspecified atom stereocenters. The van der Waals surface area contributed by atoms with Gasteiger partial charge in [0.05, 0.1) is 15.5 Å². The third-order valence-corrected chi connectivity index (χ3v) is 10.2. The fraction of sp³-hybridized carbons (Fsp3) is 0.296. The Morgan fingerprint density at radius 1 is 0.811 bits per heavy atom. The van der Waals surface area contributed by atoms with Gasteiger partial charge >= 0.3 is 0 Å². The highest BCUT2D eigenvalue weighted by molar-refractivity contribution is 7.92. The van der Waals surface area contributed by atoms with Gasteiger partial charge in [0.2, 0.25) is 15.9 Å². The summed E-state index contributed by atoms with van der Waals surface area (Å²) in [7, 11) is -7.62. The number of amides is 1. The van der Waals surface area contributed by atoms with Crippen molar-refractivity contribution in [2.24, 2.45) is 0 Å². The molecule has 10 heteroatoms. The smallest absolute Gasteiger partial charge is 0.264 e. The Balaban J connectivity index is 1.56. The molecule has 1 aliphatic rings. The zero-order chi connectivity index (χ0) is 26.6. The van der Waals surface area contributed by atoms with Crippen LogP contribution in [0.5, 0.6) is 0 Å². The second-order valence-electron chi connectivity index (χ2n) is 9.08. The van der Waals surface area contributed by atoms with Crippen LogP contribution in [0.4, 0.5) is 11.4 Å². The van der Waals surface area contributed by atoms with Crippen LogP contribution in [0.2, 0.25) is 0 Å². The molecule has 0 saturated carbocycles.